The van der Waals surface area contributed by atoms with Crippen LogP contribution in [-0.4, -0.2) is 36.4 Å². The summed E-state index contributed by atoms with van der Waals surface area (Å²) in [5.74, 6) is 0.767. The zero-order valence-corrected chi connectivity index (χ0v) is 13.7. The van der Waals surface area contributed by atoms with Crippen molar-refractivity contribution in [2.45, 2.75) is 32.4 Å². The molecule has 3 aromatic rings. The molecule has 1 N–H and O–H groups in total. The molecule has 4 heterocycles. The highest BCUT2D eigenvalue weighted by Gasteiger charge is 2.27. The van der Waals surface area contributed by atoms with E-state index in [4.69, 9.17) is 0 Å². The van der Waals surface area contributed by atoms with Gasteiger partial charge in [0, 0.05) is 24.6 Å². The van der Waals surface area contributed by atoms with Gasteiger partial charge in [-0.15, -0.1) is 0 Å². The number of hydrogen-bond acceptors (Lipinski definition) is 5. The van der Waals surface area contributed by atoms with Crippen LogP contribution in [0, 0.1) is 6.92 Å². The summed E-state index contributed by atoms with van der Waals surface area (Å²) in [6, 6.07) is 6.37. The number of pyridine rings is 1. The highest BCUT2D eigenvalue weighted by molar-refractivity contribution is 5.47. The first-order valence-electron chi connectivity index (χ1n) is 8.27. The van der Waals surface area contributed by atoms with E-state index in [1.807, 2.05) is 37.6 Å². The van der Waals surface area contributed by atoms with E-state index in [0.717, 1.165) is 48.1 Å². The van der Waals surface area contributed by atoms with Gasteiger partial charge in [-0.3, -0.25) is 14.9 Å². The molecule has 6 heteroatoms. The molecule has 0 radical (unpaired) electrons. The molecule has 0 aliphatic carbocycles. The summed E-state index contributed by atoms with van der Waals surface area (Å²) in [6.07, 6.45) is 9.63. The van der Waals surface area contributed by atoms with Crippen LogP contribution in [0.2, 0.25) is 0 Å². The molecule has 1 unspecified atom stereocenters. The molecule has 4 rings (SSSR count). The maximum absolute atomic E-state index is 4.65. The van der Waals surface area contributed by atoms with Crippen LogP contribution in [0.5, 0.6) is 0 Å². The van der Waals surface area contributed by atoms with E-state index in [2.05, 4.69) is 35.9 Å². The Morgan fingerprint density at radius 3 is 2.79 bits per heavy atom. The fraction of sp³-hybridized carbons (Fsp3) is 0.333. The van der Waals surface area contributed by atoms with Crippen molar-refractivity contribution < 1.29 is 0 Å². The molecule has 24 heavy (non-hydrogen) atoms. The normalized spacial score (nSPS) is 18.1. The van der Waals surface area contributed by atoms with Crippen molar-refractivity contribution in [3.05, 3.63) is 60.1 Å². The van der Waals surface area contributed by atoms with Gasteiger partial charge in [0.2, 0.25) is 0 Å². The van der Waals surface area contributed by atoms with Crippen molar-refractivity contribution >= 4 is 0 Å². The lowest BCUT2D eigenvalue weighted by molar-refractivity contribution is 0.241. The van der Waals surface area contributed by atoms with E-state index in [9.17, 15) is 0 Å². The number of nitrogens with zero attached hydrogens (tertiary/aromatic N) is 5. The minimum absolute atomic E-state index is 0.312. The van der Waals surface area contributed by atoms with E-state index in [1.54, 1.807) is 6.20 Å². The van der Waals surface area contributed by atoms with Crippen LogP contribution >= 0.6 is 0 Å². The van der Waals surface area contributed by atoms with E-state index >= 15 is 0 Å². The Labute approximate surface area is 141 Å². The number of likely N-dealkylation sites (tertiary alicyclic amines) is 1. The third-order valence-electron chi connectivity index (χ3n) is 4.41. The number of hydrogen-bond donors (Lipinski definition) is 1. The van der Waals surface area contributed by atoms with Crippen molar-refractivity contribution in [1.82, 2.24) is 29.8 Å². The fourth-order valence-corrected chi connectivity index (χ4v) is 3.23. The first-order chi connectivity index (χ1) is 11.8. The largest absolute Gasteiger partial charge is 0.341 e. The number of rotatable bonds is 4. The predicted molar refractivity (Wildman–Crippen MR) is 91.0 cm³/mol. The number of nitrogens with one attached hydrogen (secondary N) is 1. The maximum atomic E-state index is 4.65. The molecule has 0 bridgehead atoms. The summed E-state index contributed by atoms with van der Waals surface area (Å²) in [5.41, 5.74) is 3.92. The molecule has 1 atom stereocenters. The first kappa shape index (κ1) is 15.0. The monoisotopic (exact) mass is 320 g/mol. The van der Waals surface area contributed by atoms with E-state index in [0.29, 0.717) is 6.04 Å². The van der Waals surface area contributed by atoms with Crippen LogP contribution in [0.3, 0.4) is 0 Å². The molecule has 1 fully saturated rings. The molecular formula is C18H20N6. The Bertz CT molecular complexity index is 796. The molecular weight excluding hydrogens is 300 g/mol. The second-order valence-corrected chi connectivity index (χ2v) is 6.19. The van der Waals surface area contributed by atoms with Crippen LogP contribution in [0.25, 0.3) is 11.5 Å². The third kappa shape index (κ3) is 3.05. The topological polar surface area (TPSA) is 70.6 Å². The first-order valence-corrected chi connectivity index (χ1v) is 8.27. The van der Waals surface area contributed by atoms with Crippen molar-refractivity contribution in [3.63, 3.8) is 0 Å². The highest BCUT2D eigenvalue weighted by atomic mass is 15.2. The molecule has 1 saturated heterocycles. The van der Waals surface area contributed by atoms with E-state index < -0.39 is 0 Å². The Hall–Kier alpha value is -2.60. The summed E-state index contributed by atoms with van der Waals surface area (Å²) in [7, 11) is 0. The maximum Gasteiger partial charge on any atom is 0.157 e. The molecule has 6 nitrogen and oxygen atoms in total. The average Bonchev–Trinajstić information content (AvgIpc) is 3.25. The van der Waals surface area contributed by atoms with Gasteiger partial charge >= 0.3 is 0 Å². The minimum Gasteiger partial charge on any atom is -0.341 e. The number of H-pyrrole nitrogens is 1. The Morgan fingerprint density at radius 2 is 2.08 bits per heavy atom. The lowest BCUT2D eigenvalue weighted by Gasteiger charge is -2.23. The number of imidazole rings is 1. The van der Waals surface area contributed by atoms with E-state index in [-0.39, 0.29) is 0 Å². The summed E-state index contributed by atoms with van der Waals surface area (Å²) in [5, 5.41) is 0. The predicted octanol–water partition coefficient (Wildman–Crippen LogP) is 2.91. The number of aromatic nitrogens is 5. The van der Waals surface area contributed by atoms with Gasteiger partial charge in [-0.2, -0.15) is 0 Å². The molecule has 1 aliphatic heterocycles. The molecule has 0 saturated carbocycles. The van der Waals surface area contributed by atoms with Crippen molar-refractivity contribution in [3.8, 4) is 11.5 Å². The van der Waals surface area contributed by atoms with Crippen LogP contribution in [-0.2, 0) is 6.54 Å². The smallest absolute Gasteiger partial charge is 0.157 e. The van der Waals surface area contributed by atoms with Gasteiger partial charge in [0.1, 0.15) is 5.69 Å². The van der Waals surface area contributed by atoms with Gasteiger partial charge in [0.25, 0.3) is 0 Å². The second-order valence-electron chi connectivity index (χ2n) is 6.19. The molecule has 0 aromatic carbocycles. The lowest BCUT2D eigenvalue weighted by Crippen LogP contribution is -2.24. The number of aryl methyl sites for hydroxylation is 1. The average molecular weight is 320 g/mol. The molecule has 0 spiro atoms. The van der Waals surface area contributed by atoms with Crippen molar-refractivity contribution in [1.29, 1.82) is 0 Å². The van der Waals surface area contributed by atoms with Crippen molar-refractivity contribution in [2.24, 2.45) is 0 Å². The molecule has 122 valence electrons. The lowest BCUT2D eigenvalue weighted by atomic mass is 10.1. The Kier molecular flexibility index (Phi) is 4.04. The molecule has 1 aliphatic rings. The summed E-state index contributed by atoms with van der Waals surface area (Å²) < 4.78 is 0. The van der Waals surface area contributed by atoms with Crippen LogP contribution in [0.1, 0.15) is 36.0 Å². The highest BCUT2D eigenvalue weighted by Crippen LogP contribution is 2.31. The van der Waals surface area contributed by atoms with E-state index in [1.165, 1.54) is 6.42 Å². The zero-order valence-electron chi connectivity index (χ0n) is 13.7. The van der Waals surface area contributed by atoms with Gasteiger partial charge in [0.05, 0.1) is 29.8 Å². The standard InChI is InChI=1S/C18H20N6/c1-13-9-22-18(23-13)16-11-20-15(10-21-16)17-6-4-8-24(17)12-14-5-2-3-7-19-14/h2-3,5,7,9-11,17H,4,6,8,12H2,1H3,(H,22,23). The van der Waals surface area contributed by atoms with Gasteiger partial charge < -0.3 is 4.98 Å². The second kappa shape index (κ2) is 6.49. The minimum atomic E-state index is 0.312. The Morgan fingerprint density at radius 1 is 1.12 bits per heavy atom. The van der Waals surface area contributed by atoms with Gasteiger partial charge in [-0.25, -0.2) is 9.97 Å². The molecule has 0 amide bonds. The summed E-state index contributed by atoms with van der Waals surface area (Å²) in [4.78, 5) is 23.6. The van der Waals surface area contributed by atoms with Crippen molar-refractivity contribution in [2.75, 3.05) is 6.54 Å². The Balaban J connectivity index is 1.52. The van der Waals surface area contributed by atoms with Crippen LogP contribution in [0.15, 0.2) is 43.0 Å². The number of aromatic amines is 1. The summed E-state index contributed by atoms with van der Waals surface area (Å²) >= 11 is 0. The van der Waals surface area contributed by atoms with Gasteiger partial charge in [0.15, 0.2) is 5.82 Å². The molecule has 3 aromatic heterocycles. The zero-order chi connectivity index (χ0) is 16.4. The third-order valence-corrected chi connectivity index (χ3v) is 4.41. The fourth-order valence-electron chi connectivity index (χ4n) is 3.23. The van der Waals surface area contributed by atoms with Crippen LogP contribution < -0.4 is 0 Å². The van der Waals surface area contributed by atoms with Gasteiger partial charge in [-0.05, 0) is 38.4 Å². The van der Waals surface area contributed by atoms with Crippen LogP contribution in [0.4, 0.5) is 0 Å². The SMILES string of the molecule is Cc1cnc(-c2cnc(C3CCCN3Cc3ccccn3)cn2)[nH]1. The summed E-state index contributed by atoms with van der Waals surface area (Å²) in [6.45, 7) is 3.90. The van der Waals surface area contributed by atoms with Gasteiger partial charge in [-0.1, -0.05) is 6.07 Å². The quantitative estimate of drug-likeness (QED) is 0.800.